The van der Waals surface area contributed by atoms with Gasteiger partial charge in [-0.3, -0.25) is 4.79 Å². The monoisotopic (exact) mass is 364 g/mol. The molecule has 1 aromatic carbocycles. The van der Waals surface area contributed by atoms with Crippen LogP contribution in [0.15, 0.2) is 36.4 Å². The normalized spacial score (nSPS) is 18.7. The van der Waals surface area contributed by atoms with Crippen molar-refractivity contribution in [3.05, 3.63) is 47.8 Å². The van der Waals surface area contributed by atoms with Crippen molar-refractivity contribution in [3.8, 4) is 0 Å². The average Bonchev–Trinajstić information content (AvgIpc) is 2.90. The van der Waals surface area contributed by atoms with Crippen molar-refractivity contribution in [2.75, 3.05) is 22.1 Å². The molecule has 0 aliphatic carbocycles. The van der Waals surface area contributed by atoms with Gasteiger partial charge in [0.2, 0.25) is 5.91 Å². The molecule has 1 aromatic heterocycles. The van der Waals surface area contributed by atoms with E-state index in [0.29, 0.717) is 17.8 Å². The number of nitrogens with one attached hydrogen (secondary N) is 2. The van der Waals surface area contributed by atoms with E-state index in [2.05, 4.69) is 20.8 Å². The summed E-state index contributed by atoms with van der Waals surface area (Å²) in [5.41, 5.74) is 0.688. The molecule has 9 heteroatoms. The maximum atomic E-state index is 12.8. The van der Waals surface area contributed by atoms with Crippen LogP contribution in [0, 0.1) is 5.82 Å². The van der Waals surface area contributed by atoms with E-state index in [0.717, 1.165) is 0 Å². The Hall–Kier alpha value is -2.55. The maximum absolute atomic E-state index is 12.8. The minimum Gasteiger partial charge on any atom is -0.365 e. The number of hydrogen-bond donors (Lipinski definition) is 2. The van der Waals surface area contributed by atoms with Gasteiger partial charge < -0.3 is 10.6 Å². The van der Waals surface area contributed by atoms with Gasteiger partial charge in [0.25, 0.3) is 0 Å². The van der Waals surface area contributed by atoms with Gasteiger partial charge in [-0.05, 0) is 36.2 Å². The van der Waals surface area contributed by atoms with Crippen LogP contribution >= 0.6 is 0 Å². The lowest BCUT2D eigenvalue weighted by Crippen LogP contribution is -2.21. The molecule has 2 aromatic rings. The Labute approximate surface area is 144 Å². The molecule has 1 aliphatic rings. The van der Waals surface area contributed by atoms with Crippen LogP contribution in [-0.4, -0.2) is 42.1 Å². The molecule has 3 rings (SSSR count). The molecule has 0 radical (unpaired) electrons. The smallest absolute Gasteiger partial charge is 0.229 e. The van der Waals surface area contributed by atoms with E-state index in [4.69, 9.17) is 0 Å². The molecule has 25 heavy (non-hydrogen) atoms. The van der Waals surface area contributed by atoms with Gasteiger partial charge in [0, 0.05) is 6.04 Å². The topological polar surface area (TPSA) is 101 Å². The molecule has 1 unspecified atom stereocenters. The summed E-state index contributed by atoms with van der Waals surface area (Å²) < 4.78 is 35.7. The first-order valence-electron chi connectivity index (χ1n) is 7.75. The zero-order chi connectivity index (χ0) is 17.9. The second-order valence-electron chi connectivity index (χ2n) is 5.90. The highest BCUT2D eigenvalue weighted by atomic mass is 32.2. The minimum absolute atomic E-state index is 0.0881. The molecule has 0 bridgehead atoms. The summed E-state index contributed by atoms with van der Waals surface area (Å²) in [5.74, 6) is 0.368. The fraction of sp³-hybridized carbons (Fsp3) is 0.312. The Balaban J connectivity index is 1.53. The van der Waals surface area contributed by atoms with Crippen molar-refractivity contribution >= 4 is 27.4 Å². The number of carbonyl (C=O) groups excluding carboxylic acids is 1. The first kappa shape index (κ1) is 17.3. The lowest BCUT2D eigenvalue weighted by atomic mass is 10.1. The van der Waals surface area contributed by atoms with Crippen LogP contribution in [0.25, 0.3) is 0 Å². The first-order valence-corrected chi connectivity index (χ1v) is 9.57. The Morgan fingerprint density at radius 3 is 2.40 bits per heavy atom. The standard InChI is InChI=1S/C16H17FN4O3S/c17-12-3-1-11(2-4-12)9-16(22)19-15-6-5-14(20-21-15)18-13-7-8-25(23,24)10-13/h1-6,13H,7-10H2,(H,18,20)(H,19,21,22). The van der Waals surface area contributed by atoms with Gasteiger partial charge in [0.05, 0.1) is 17.9 Å². The van der Waals surface area contributed by atoms with E-state index in [1.54, 1.807) is 24.3 Å². The zero-order valence-electron chi connectivity index (χ0n) is 13.3. The van der Waals surface area contributed by atoms with Crippen LogP contribution < -0.4 is 10.6 Å². The number of halogens is 1. The minimum atomic E-state index is -2.96. The summed E-state index contributed by atoms with van der Waals surface area (Å²) in [5, 5.41) is 13.5. The van der Waals surface area contributed by atoms with Crippen LogP contribution in [0.5, 0.6) is 0 Å². The number of rotatable bonds is 5. The van der Waals surface area contributed by atoms with Crippen molar-refractivity contribution < 1.29 is 17.6 Å². The largest absolute Gasteiger partial charge is 0.365 e. The Bertz CT molecular complexity index is 854. The summed E-state index contributed by atoms with van der Waals surface area (Å²) >= 11 is 0. The third kappa shape index (κ3) is 4.96. The Kier molecular flexibility index (Phi) is 4.93. The van der Waals surface area contributed by atoms with Gasteiger partial charge in [0.1, 0.15) is 11.6 Å². The van der Waals surface area contributed by atoms with Crippen LogP contribution in [0.4, 0.5) is 16.0 Å². The van der Waals surface area contributed by atoms with E-state index < -0.39 is 9.84 Å². The Morgan fingerprint density at radius 2 is 1.80 bits per heavy atom. The summed E-state index contributed by atoms with van der Waals surface area (Å²) in [4.78, 5) is 11.9. The van der Waals surface area contributed by atoms with Gasteiger partial charge in [-0.15, -0.1) is 10.2 Å². The molecule has 1 amide bonds. The SMILES string of the molecule is O=C(Cc1ccc(F)cc1)Nc1ccc(NC2CCS(=O)(=O)C2)nn1. The second kappa shape index (κ2) is 7.14. The van der Waals surface area contributed by atoms with Gasteiger partial charge in [0.15, 0.2) is 15.7 Å². The number of carbonyl (C=O) groups is 1. The van der Waals surface area contributed by atoms with Gasteiger partial charge in [-0.25, -0.2) is 12.8 Å². The third-order valence-electron chi connectivity index (χ3n) is 3.79. The van der Waals surface area contributed by atoms with E-state index in [1.165, 1.54) is 12.1 Å². The maximum Gasteiger partial charge on any atom is 0.229 e. The lowest BCUT2D eigenvalue weighted by molar-refractivity contribution is -0.115. The molecule has 1 aliphatic heterocycles. The molecule has 0 spiro atoms. The van der Waals surface area contributed by atoms with Crippen molar-refractivity contribution in [3.63, 3.8) is 0 Å². The van der Waals surface area contributed by atoms with Gasteiger partial charge in [-0.2, -0.15) is 0 Å². The number of benzene rings is 1. The van der Waals surface area contributed by atoms with E-state index in [9.17, 15) is 17.6 Å². The molecular formula is C16H17FN4O3S. The zero-order valence-corrected chi connectivity index (χ0v) is 14.1. The predicted octanol–water partition coefficient (Wildman–Crippen LogP) is 1.40. The van der Waals surface area contributed by atoms with E-state index >= 15 is 0 Å². The summed E-state index contributed by atoms with van der Waals surface area (Å²) in [6.07, 6.45) is 0.641. The fourth-order valence-electron chi connectivity index (χ4n) is 2.57. The van der Waals surface area contributed by atoms with Crippen molar-refractivity contribution in [1.29, 1.82) is 0 Å². The van der Waals surface area contributed by atoms with Crippen LogP contribution in [0.3, 0.4) is 0 Å². The van der Waals surface area contributed by atoms with Crippen LogP contribution in [-0.2, 0) is 21.1 Å². The second-order valence-corrected chi connectivity index (χ2v) is 8.13. The van der Waals surface area contributed by atoms with Gasteiger partial charge in [-0.1, -0.05) is 12.1 Å². The quantitative estimate of drug-likeness (QED) is 0.832. The van der Waals surface area contributed by atoms with Crippen molar-refractivity contribution in [2.24, 2.45) is 0 Å². The fourth-order valence-corrected chi connectivity index (χ4v) is 4.24. The number of amides is 1. The summed E-state index contributed by atoms with van der Waals surface area (Å²) in [6.45, 7) is 0. The molecule has 1 saturated heterocycles. The third-order valence-corrected chi connectivity index (χ3v) is 5.56. The van der Waals surface area contributed by atoms with Crippen molar-refractivity contribution in [2.45, 2.75) is 18.9 Å². The highest BCUT2D eigenvalue weighted by Crippen LogP contribution is 2.16. The Morgan fingerprint density at radius 1 is 1.12 bits per heavy atom. The predicted molar refractivity (Wildman–Crippen MR) is 91.4 cm³/mol. The number of nitrogens with zero attached hydrogens (tertiary/aromatic N) is 2. The highest BCUT2D eigenvalue weighted by molar-refractivity contribution is 7.91. The number of hydrogen-bond acceptors (Lipinski definition) is 6. The van der Waals surface area contributed by atoms with E-state index in [-0.39, 0.29) is 41.5 Å². The first-order chi connectivity index (χ1) is 11.9. The van der Waals surface area contributed by atoms with Crippen LogP contribution in [0.1, 0.15) is 12.0 Å². The molecule has 0 saturated carbocycles. The average molecular weight is 364 g/mol. The molecule has 1 atom stereocenters. The number of aromatic nitrogens is 2. The molecule has 132 valence electrons. The molecule has 1 fully saturated rings. The molecule has 2 heterocycles. The number of sulfone groups is 1. The van der Waals surface area contributed by atoms with Gasteiger partial charge >= 0.3 is 0 Å². The summed E-state index contributed by atoms with van der Waals surface area (Å²) in [6, 6.07) is 8.73. The molecule has 7 nitrogen and oxygen atoms in total. The highest BCUT2D eigenvalue weighted by Gasteiger charge is 2.27. The number of anilines is 2. The van der Waals surface area contributed by atoms with E-state index in [1.807, 2.05) is 0 Å². The van der Waals surface area contributed by atoms with Crippen LogP contribution in [0.2, 0.25) is 0 Å². The summed E-state index contributed by atoms with van der Waals surface area (Å²) in [7, 11) is -2.96. The molecule has 2 N–H and O–H groups in total. The van der Waals surface area contributed by atoms with Crippen molar-refractivity contribution in [1.82, 2.24) is 10.2 Å². The molecular weight excluding hydrogens is 347 g/mol. The lowest BCUT2D eigenvalue weighted by Gasteiger charge is -2.11.